The second-order valence-electron chi connectivity index (χ2n) is 2.27. The van der Waals surface area contributed by atoms with E-state index in [1.807, 2.05) is 38.2 Å². The first-order chi connectivity index (χ1) is 5.29. The van der Waals surface area contributed by atoms with Crippen LogP contribution in [0, 0.1) is 5.92 Å². The molecule has 0 aliphatic heterocycles. The van der Waals surface area contributed by atoms with Gasteiger partial charge in [-0.3, -0.25) is 0 Å². The Labute approximate surface area is 69.3 Å². The van der Waals surface area contributed by atoms with Crippen molar-refractivity contribution >= 4 is 0 Å². The minimum Gasteiger partial charge on any atom is -0.399 e. The van der Waals surface area contributed by atoms with Gasteiger partial charge in [0.1, 0.15) is 0 Å². The molecule has 1 aliphatic carbocycles. The molecule has 1 nitrogen and oxygen atoms in total. The number of allylic oxidation sites excluding steroid dienone is 5. The first-order valence-electron chi connectivity index (χ1n) is 4.11. The Morgan fingerprint density at radius 1 is 1.27 bits per heavy atom. The summed E-state index contributed by atoms with van der Waals surface area (Å²) in [7, 11) is 0. The summed E-state index contributed by atoms with van der Waals surface area (Å²) in [5, 5.41) is 0. The Bertz CT molecular complexity index is 175. The van der Waals surface area contributed by atoms with E-state index >= 15 is 0 Å². The van der Waals surface area contributed by atoms with Crippen molar-refractivity contribution in [3.05, 3.63) is 36.1 Å². The molecule has 0 heterocycles. The highest BCUT2D eigenvalue weighted by Crippen LogP contribution is 2.05. The fraction of sp³-hybridized carbons (Fsp3) is 0.400. The van der Waals surface area contributed by atoms with Crippen LogP contribution < -0.4 is 5.73 Å². The van der Waals surface area contributed by atoms with Crippen LogP contribution in [-0.4, -0.2) is 0 Å². The zero-order valence-corrected chi connectivity index (χ0v) is 7.54. The molecule has 11 heavy (non-hydrogen) atoms. The highest BCUT2D eigenvalue weighted by Gasteiger charge is 1.93. The number of hydrogen-bond donors (Lipinski definition) is 1. The van der Waals surface area contributed by atoms with Gasteiger partial charge in [-0.05, 0) is 12.0 Å². The topological polar surface area (TPSA) is 26.0 Å². The Morgan fingerprint density at radius 3 is 2.55 bits per heavy atom. The molecule has 0 spiro atoms. The molecule has 1 atom stereocenters. The third-order valence-electron chi connectivity index (χ3n) is 1.27. The molecule has 1 unspecified atom stereocenters. The molecule has 0 fully saturated rings. The van der Waals surface area contributed by atoms with Gasteiger partial charge in [-0.2, -0.15) is 0 Å². The van der Waals surface area contributed by atoms with Crippen LogP contribution in [0.3, 0.4) is 0 Å². The summed E-state index contributed by atoms with van der Waals surface area (Å²) in [6.45, 7) is 6.11. The zero-order valence-electron chi connectivity index (χ0n) is 7.54. The van der Waals surface area contributed by atoms with E-state index in [9.17, 15) is 0 Å². The van der Waals surface area contributed by atoms with Gasteiger partial charge in [0.15, 0.2) is 0 Å². The van der Waals surface area contributed by atoms with Crippen molar-refractivity contribution < 1.29 is 0 Å². The van der Waals surface area contributed by atoms with E-state index in [0.29, 0.717) is 5.92 Å². The van der Waals surface area contributed by atoms with Gasteiger partial charge in [0.25, 0.3) is 0 Å². The van der Waals surface area contributed by atoms with Crippen LogP contribution in [0.4, 0.5) is 0 Å². The molecule has 1 rings (SSSR count). The van der Waals surface area contributed by atoms with Gasteiger partial charge in [0.2, 0.25) is 0 Å². The predicted molar refractivity (Wildman–Crippen MR) is 51.1 cm³/mol. The third-order valence-corrected chi connectivity index (χ3v) is 1.27. The van der Waals surface area contributed by atoms with Crippen molar-refractivity contribution in [1.29, 1.82) is 0 Å². The van der Waals surface area contributed by atoms with Crippen LogP contribution in [0.15, 0.2) is 36.1 Å². The van der Waals surface area contributed by atoms with Gasteiger partial charge in [-0.1, -0.05) is 45.1 Å². The van der Waals surface area contributed by atoms with Gasteiger partial charge in [0.05, 0.1) is 0 Å². The largest absolute Gasteiger partial charge is 0.399 e. The van der Waals surface area contributed by atoms with Crippen molar-refractivity contribution in [3.8, 4) is 0 Å². The smallest absolute Gasteiger partial charge is 0.0279 e. The van der Waals surface area contributed by atoms with Gasteiger partial charge in [-0.25, -0.2) is 0 Å². The minimum atomic E-state index is 0.472. The molecule has 0 aromatic heterocycles. The maximum absolute atomic E-state index is 5.56. The fourth-order valence-electron chi connectivity index (χ4n) is 0.821. The first-order valence-corrected chi connectivity index (χ1v) is 4.11. The summed E-state index contributed by atoms with van der Waals surface area (Å²) in [5.41, 5.74) is 6.41. The summed E-state index contributed by atoms with van der Waals surface area (Å²) < 4.78 is 0. The predicted octanol–water partition coefficient (Wildman–Crippen LogP) is 2.62. The Kier molecular flexibility index (Phi) is 5.26. The highest BCUT2D eigenvalue weighted by molar-refractivity contribution is 5.25. The van der Waals surface area contributed by atoms with Crippen molar-refractivity contribution in [2.24, 2.45) is 11.7 Å². The zero-order chi connectivity index (χ0) is 8.69. The summed E-state index contributed by atoms with van der Waals surface area (Å²) in [4.78, 5) is 0. The lowest BCUT2D eigenvalue weighted by Gasteiger charge is -1.95. The monoisotopic (exact) mass is 151 g/mol. The molecule has 0 aromatic carbocycles. The van der Waals surface area contributed by atoms with E-state index in [4.69, 9.17) is 5.73 Å². The number of rotatable bonds is 0. The summed E-state index contributed by atoms with van der Waals surface area (Å²) >= 11 is 0. The molecule has 0 aromatic rings. The molecule has 2 N–H and O–H groups in total. The van der Waals surface area contributed by atoms with E-state index < -0.39 is 0 Å². The van der Waals surface area contributed by atoms with Crippen molar-refractivity contribution in [3.63, 3.8) is 0 Å². The van der Waals surface area contributed by atoms with Crippen LogP contribution in [0.25, 0.3) is 0 Å². The molecule has 0 bridgehead atoms. The minimum absolute atomic E-state index is 0.472. The van der Waals surface area contributed by atoms with Gasteiger partial charge in [-0.15, -0.1) is 0 Å². The molecule has 1 heteroatoms. The van der Waals surface area contributed by atoms with Gasteiger partial charge >= 0.3 is 0 Å². The molecule has 0 saturated heterocycles. The van der Waals surface area contributed by atoms with E-state index in [2.05, 4.69) is 13.0 Å². The average molecular weight is 151 g/mol. The fourth-order valence-corrected chi connectivity index (χ4v) is 0.821. The maximum Gasteiger partial charge on any atom is 0.0279 e. The van der Waals surface area contributed by atoms with Crippen LogP contribution in [0.2, 0.25) is 0 Å². The van der Waals surface area contributed by atoms with Crippen molar-refractivity contribution in [2.45, 2.75) is 20.8 Å². The Morgan fingerprint density at radius 2 is 1.91 bits per heavy atom. The van der Waals surface area contributed by atoms with Crippen LogP contribution >= 0.6 is 0 Å². The number of nitrogens with two attached hydrogens (primary N) is 1. The van der Waals surface area contributed by atoms with E-state index in [1.165, 1.54) is 0 Å². The molecule has 0 saturated carbocycles. The highest BCUT2D eigenvalue weighted by atomic mass is 14.6. The lowest BCUT2D eigenvalue weighted by atomic mass is 10.1. The van der Waals surface area contributed by atoms with E-state index in [0.717, 1.165) is 5.70 Å². The van der Waals surface area contributed by atoms with E-state index in [1.54, 1.807) is 0 Å². The Balaban J connectivity index is 0.000000461. The second kappa shape index (κ2) is 5.78. The molecular formula is C10H17N. The van der Waals surface area contributed by atoms with Crippen LogP contribution in [-0.2, 0) is 0 Å². The van der Waals surface area contributed by atoms with E-state index in [-0.39, 0.29) is 0 Å². The SMILES string of the molecule is CC.CC1C=CC=CC(N)=C1. The van der Waals surface area contributed by atoms with Gasteiger partial charge < -0.3 is 5.73 Å². The third kappa shape index (κ3) is 4.43. The number of hydrogen-bond acceptors (Lipinski definition) is 1. The second-order valence-corrected chi connectivity index (χ2v) is 2.27. The molecule has 0 radical (unpaired) electrons. The molecule has 62 valence electrons. The molecule has 0 amide bonds. The first kappa shape index (κ1) is 10.0. The lowest BCUT2D eigenvalue weighted by Crippen LogP contribution is -1.94. The average Bonchev–Trinajstić information content (AvgIpc) is 2.18. The van der Waals surface area contributed by atoms with Crippen molar-refractivity contribution in [2.75, 3.05) is 0 Å². The maximum atomic E-state index is 5.56. The quantitative estimate of drug-likeness (QED) is 0.566. The van der Waals surface area contributed by atoms with Crippen LogP contribution in [0.1, 0.15) is 20.8 Å². The summed E-state index contributed by atoms with van der Waals surface area (Å²) in [6, 6.07) is 0. The normalized spacial score (nSPS) is 21.4. The standard InChI is InChI=1S/C8H11N.C2H6/c1-7-4-2-3-5-8(9)6-7;1-2/h2-7H,9H2,1H3;1-2H3. The Hall–Kier alpha value is -0.980. The van der Waals surface area contributed by atoms with Gasteiger partial charge in [0, 0.05) is 5.70 Å². The summed E-state index contributed by atoms with van der Waals surface area (Å²) in [5.74, 6) is 0.472. The van der Waals surface area contributed by atoms with Crippen LogP contribution in [0.5, 0.6) is 0 Å². The summed E-state index contributed by atoms with van der Waals surface area (Å²) in [6.07, 6.45) is 10.0. The van der Waals surface area contributed by atoms with Crippen molar-refractivity contribution in [1.82, 2.24) is 0 Å². The molecular weight excluding hydrogens is 134 g/mol. The molecule has 1 aliphatic rings. The lowest BCUT2D eigenvalue weighted by molar-refractivity contribution is 0.931.